The van der Waals surface area contributed by atoms with Gasteiger partial charge in [0.1, 0.15) is 5.75 Å². The maximum Gasteiger partial charge on any atom is 0.264 e. The van der Waals surface area contributed by atoms with Gasteiger partial charge in [-0.25, -0.2) is 0 Å². The molecule has 1 aliphatic heterocycles. The number of nitrogens with zero attached hydrogens (tertiary/aromatic N) is 2. The molecule has 114 valence electrons. The lowest BCUT2D eigenvalue weighted by molar-refractivity contribution is -0.136. The number of hydrogen-bond donors (Lipinski definition) is 1. The zero-order valence-corrected chi connectivity index (χ0v) is 12.6. The third-order valence-corrected chi connectivity index (χ3v) is 4.02. The Morgan fingerprint density at radius 2 is 2.14 bits per heavy atom. The lowest BCUT2D eigenvalue weighted by Crippen LogP contribution is -2.42. The van der Waals surface area contributed by atoms with Crippen molar-refractivity contribution >= 4 is 11.6 Å². The highest BCUT2D eigenvalue weighted by molar-refractivity contribution is 6.07. The van der Waals surface area contributed by atoms with Gasteiger partial charge in [0, 0.05) is 30.4 Å². The van der Waals surface area contributed by atoms with Gasteiger partial charge in [-0.15, -0.1) is 0 Å². The number of benzene rings is 1. The molecular formula is C17H18N2O3. The van der Waals surface area contributed by atoms with Crippen molar-refractivity contribution in [3.8, 4) is 5.75 Å². The van der Waals surface area contributed by atoms with Gasteiger partial charge >= 0.3 is 0 Å². The Balaban J connectivity index is 2.09. The number of hydrogen-bond acceptors (Lipinski definition) is 4. The maximum atomic E-state index is 12.7. The van der Waals surface area contributed by atoms with Crippen molar-refractivity contribution < 1.29 is 14.6 Å². The molecule has 0 spiro atoms. The number of amides is 1. The first-order valence-corrected chi connectivity index (χ1v) is 7.23. The normalized spacial score (nSPS) is 20.1. The van der Waals surface area contributed by atoms with E-state index in [0.717, 1.165) is 5.69 Å². The molecule has 1 amide bonds. The molecule has 1 atom stereocenters. The molecule has 2 aromatic rings. The first kappa shape index (κ1) is 14.5. The lowest BCUT2D eigenvalue weighted by Gasteiger charge is -2.22. The molecule has 0 bridgehead atoms. The van der Waals surface area contributed by atoms with Crippen LogP contribution in [-0.4, -0.2) is 29.7 Å². The van der Waals surface area contributed by atoms with Gasteiger partial charge in [-0.2, -0.15) is 0 Å². The van der Waals surface area contributed by atoms with Crippen LogP contribution in [0, 0.1) is 0 Å². The van der Waals surface area contributed by atoms with Gasteiger partial charge in [0.15, 0.2) is 5.60 Å². The highest BCUT2D eigenvalue weighted by Gasteiger charge is 2.49. The van der Waals surface area contributed by atoms with E-state index < -0.39 is 5.60 Å². The second-order valence-corrected chi connectivity index (χ2v) is 5.29. The van der Waals surface area contributed by atoms with Crippen molar-refractivity contribution in [2.45, 2.75) is 18.9 Å². The molecule has 22 heavy (non-hydrogen) atoms. The minimum Gasteiger partial charge on any atom is -0.497 e. The van der Waals surface area contributed by atoms with E-state index in [9.17, 15) is 9.90 Å². The summed E-state index contributed by atoms with van der Waals surface area (Å²) in [6, 6.07) is 10.8. The van der Waals surface area contributed by atoms with Crippen molar-refractivity contribution in [3.05, 3.63) is 53.9 Å². The van der Waals surface area contributed by atoms with Gasteiger partial charge in [-0.05, 0) is 37.3 Å². The van der Waals surface area contributed by atoms with Crippen LogP contribution in [0.1, 0.15) is 18.2 Å². The maximum absolute atomic E-state index is 12.7. The SMILES string of the molecule is CCN1C(=O)C(O)(Cc2ccccn2)c2cc(OC)ccc21. The fourth-order valence-electron chi connectivity index (χ4n) is 2.91. The highest BCUT2D eigenvalue weighted by Crippen LogP contribution is 2.43. The van der Waals surface area contributed by atoms with Gasteiger partial charge in [0.05, 0.1) is 12.8 Å². The molecule has 3 rings (SSSR count). The first-order chi connectivity index (χ1) is 10.6. The van der Waals surface area contributed by atoms with Gasteiger partial charge in [0.2, 0.25) is 0 Å². The number of carbonyl (C=O) groups excluding carboxylic acids is 1. The molecule has 0 saturated carbocycles. The molecule has 1 aliphatic rings. The van der Waals surface area contributed by atoms with Gasteiger partial charge < -0.3 is 14.7 Å². The van der Waals surface area contributed by atoms with E-state index in [2.05, 4.69) is 4.98 Å². The summed E-state index contributed by atoms with van der Waals surface area (Å²) in [5, 5.41) is 11.1. The first-order valence-electron chi connectivity index (χ1n) is 7.23. The second kappa shape index (κ2) is 5.42. The van der Waals surface area contributed by atoms with Crippen LogP contribution >= 0.6 is 0 Å². The number of ether oxygens (including phenoxy) is 1. The number of methoxy groups -OCH3 is 1. The van der Waals surface area contributed by atoms with Crippen molar-refractivity contribution in [1.29, 1.82) is 0 Å². The molecule has 0 aliphatic carbocycles. The Morgan fingerprint density at radius 3 is 2.77 bits per heavy atom. The minimum absolute atomic E-state index is 0.142. The second-order valence-electron chi connectivity index (χ2n) is 5.29. The number of rotatable bonds is 4. The van der Waals surface area contributed by atoms with Gasteiger partial charge in [0.25, 0.3) is 5.91 Å². The van der Waals surface area contributed by atoms with Crippen LogP contribution in [0.5, 0.6) is 5.75 Å². The smallest absolute Gasteiger partial charge is 0.264 e. The van der Waals surface area contributed by atoms with Gasteiger partial charge in [-0.3, -0.25) is 9.78 Å². The number of fused-ring (bicyclic) bond motifs is 1. The van der Waals surface area contributed by atoms with Crippen molar-refractivity contribution in [2.24, 2.45) is 0 Å². The Kier molecular flexibility index (Phi) is 3.58. The van der Waals surface area contributed by atoms with Crippen LogP contribution in [-0.2, 0) is 16.8 Å². The van der Waals surface area contributed by atoms with Crippen LogP contribution in [0.25, 0.3) is 0 Å². The van der Waals surface area contributed by atoms with Gasteiger partial charge in [-0.1, -0.05) is 6.07 Å². The molecule has 1 aromatic heterocycles. The molecule has 1 aromatic carbocycles. The average Bonchev–Trinajstić information content (AvgIpc) is 2.76. The third-order valence-electron chi connectivity index (χ3n) is 4.02. The summed E-state index contributed by atoms with van der Waals surface area (Å²) in [7, 11) is 1.56. The molecule has 5 nitrogen and oxygen atoms in total. The average molecular weight is 298 g/mol. The quantitative estimate of drug-likeness (QED) is 0.936. The Hall–Kier alpha value is -2.40. The number of pyridine rings is 1. The predicted octanol–water partition coefficient (Wildman–Crippen LogP) is 1.89. The van der Waals surface area contributed by atoms with Crippen LogP contribution in [0.15, 0.2) is 42.6 Å². The molecule has 0 saturated heterocycles. The lowest BCUT2D eigenvalue weighted by atomic mass is 9.90. The monoisotopic (exact) mass is 298 g/mol. The minimum atomic E-state index is -1.60. The zero-order valence-electron chi connectivity index (χ0n) is 12.6. The number of aliphatic hydroxyl groups is 1. The summed E-state index contributed by atoms with van der Waals surface area (Å²) in [6.45, 7) is 2.39. The predicted molar refractivity (Wildman–Crippen MR) is 82.9 cm³/mol. The van der Waals surface area contributed by atoms with Crippen molar-refractivity contribution in [2.75, 3.05) is 18.6 Å². The van der Waals surface area contributed by atoms with E-state index in [1.54, 1.807) is 42.5 Å². The van der Waals surface area contributed by atoms with E-state index in [1.807, 2.05) is 19.1 Å². The third kappa shape index (κ3) is 2.14. The van der Waals surface area contributed by atoms with E-state index in [1.165, 1.54) is 0 Å². The molecular weight excluding hydrogens is 280 g/mol. The van der Waals surface area contributed by atoms with Crippen molar-refractivity contribution in [3.63, 3.8) is 0 Å². The standard InChI is InChI=1S/C17H18N2O3/c1-3-19-15-8-7-13(22-2)10-14(15)17(21,16(19)20)11-12-6-4-5-9-18-12/h4-10,21H,3,11H2,1-2H3. The number of likely N-dealkylation sites (N-methyl/N-ethyl adjacent to an activating group) is 1. The summed E-state index contributed by atoms with van der Waals surface area (Å²) in [4.78, 5) is 18.5. The van der Waals surface area contributed by atoms with E-state index in [-0.39, 0.29) is 12.3 Å². The fourth-order valence-corrected chi connectivity index (χ4v) is 2.91. The molecule has 1 unspecified atom stereocenters. The van der Waals surface area contributed by atoms with Crippen LogP contribution < -0.4 is 9.64 Å². The summed E-state index contributed by atoms with van der Waals surface area (Å²) in [6.07, 6.45) is 1.80. The Morgan fingerprint density at radius 1 is 1.32 bits per heavy atom. The summed E-state index contributed by atoms with van der Waals surface area (Å²) in [5.74, 6) is 0.299. The molecule has 0 fully saturated rings. The molecule has 5 heteroatoms. The fraction of sp³-hybridized carbons (Fsp3) is 0.294. The van der Waals surface area contributed by atoms with Crippen LogP contribution in [0.2, 0.25) is 0 Å². The molecule has 1 N–H and O–H groups in total. The zero-order chi connectivity index (χ0) is 15.7. The number of aromatic nitrogens is 1. The van der Waals surface area contributed by atoms with Crippen LogP contribution in [0.3, 0.4) is 0 Å². The van der Waals surface area contributed by atoms with E-state index in [0.29, 0.717) is 23.6 Å². The number of carbonyl (C=O) groups is 1. The van der Waals surface area contributed by atoms with E-state index >= 15 is 0 Å². The summed E-state index contributed by atoms with van der Waals surface area (Å²) in [5.41, 5.74) is 0.370. The summed E-state index contributed by atoms with van der Waals surface area (Å²) >= 11 is 0. The Bertz CT molecular complexity index is 702. The highest BCUT2D eigenvalue weighted by atomic mass is 16.5. The van der Waals surface area contributed by atoms with Crippen LogP contribution in [0.4, 0.5) is 5.69 Å². The summed E-state index contributed by atoms with van der Waals surface area (Å²) < 4.78 is 5.23. The molecule has 0 radical (unpaired) electrons. The topological polar surface area (TPSA) is 62.7 Å². The van der Waals surface area contributed by atoms with E-state index in [4.69, 9.17) is 4.74 Å². The van der Waals surface area contributed by atoms with Crippen molar-refractivity contribution in [1.82, 2.24) is 4.98 Å². The number of anilines is 1. The largest absolute Gasteiger partial charge is 0.497 e. The molecule has 2 heterocycles. The Labute approximate surface area is 129 Å².